The van der Waals surface area contributed by atoms with Crippen molar-refractivity contribution < 1.29 is 13.2 Å². The molecule has 0 atom stereocenters. The Hall–Kier alpha value is -2.49. The highest BCUT2D eigenvalue weighted by Gasteiger charge is 2.15. The van der Waals surface area contributed by atoms with Gasteiger partial charge >= 0.3 is 0 Å². The molecule has 1 fully saturated rings. The van der Waals surface area contributed by atoms with Gasteiger partial charge in [0.2, 0.25) is 0 Å². The molecule has 0 unspecified atom stereocenters. The number of rotatable bonds is 8. The van der Waals surface area contributed by atoms with Crippen LogP contribution in [0.15, 0.2) is 71.6 Å². The van der Waals surface area contributed by atoms with Crippen LogP contribution in [0.4, 0.5) is 5.69 Å². The second-order valence-electron chi connectivity index (χ2n) is 8.04. The molecule has 9 heteroatoms. The zero-order valence-corrected chi connectivity index (χ0v) is 21.1. The SMILES string of the molecule is CS(=O)(=O)c1cccc(-c2ccc(/C(=C/C(=N)CN3CCOCC3)Nc3ccccc3Cl)s2)c1. The first kappa shape index (κ1) is 24.6. The highest BCUT2D eigenvalue weighted by Crippen LogP contribution is 2.34. The number of sulfone groups is 1. The van der Waals surface area contributed by atoms with Crippen molar-refractivity contribution in [2.24, 2.45) is 0 Å². The minimum absolute atomic E-state index is 0.289. The topological polar surface area (TPSA) is 82.5 Å². The third kappa shape index (κ3) is 6.34. The lowest BCUT2D eigenvalue weighted by molar-refractivity contribution is 0.0453. The third-order valence-corrected chi connectivity index (χ3v) is 7.99. The number of halogens is 1. The molecule has 0 bridgehead atoms. The van der Waals surface area contributed by atoms with Crippen molar-refractivity contribution >= 4 is 49.9 Å². The Morgan fingerprint density at radius 1 is 1.15 bits per heavy atom. The summed E-state index contributed by atoms with van der Waals surface area (Å²) in [5, 5.41) is 12.6. The van der Waals surface area contributed by atoms with Gasteiger partial charge in [-0.15, -0.1) is 11.3 Å². The van der Waals surface area contributed by atoms with E-state index < -0.39 is 9.84 Å². The van der Waals surface area contributed by atoms with Crippen molar-refractivity contribution in [1.82, 2.24) is 4.90 Å². The van der Waals surface area contributed by atoms with E-state index in [0.717, 1.165) is 39.8 Å². The molecule has 1 saturated heterocycles. The number of benzene rings is 2. The van der Waals surface area contributed by atoms with Gasteiger partial charge < -0.3 is 15.5 Å². The van der Waals surface area contributed by atoms with Gasteiger partial charge in [-0.1, -0.05) is 35.9 Å². The first-order valence-electron chi connectivity index (χ1n) is 10.8. The zero-order valence-electron chi connectivity index (χ0n) is 18.8. The lowest BCUT2D eigenvalue weighted by Crippen LogP contribution is -2.39. The summed E-state index contributed by atoms with van der Waals surface area (Å²) in [4.78, 5) is 4.35. The second kappa shape index (κ2) is 10.8. The molecule has 0 saturated carbocycles. The van der Waals surface area contributed by atoms with Crippen LogP contribution in [-0.4, -0.2) is 58.1 Å². The molecule has 178 valence electrons. The number of ether oxygens (including phenoxy) is 1. The van der Waals surface area contributed by atoms with Crippen LogP contribution in [0.3, 0.4) is 0 Å². The summed E-state index contributed by atoms with van der Waals surface area (Å²) in [6.07, 6.45) is 3.04. The highest BCUT2D eigenvalue weighted by molar-refractivity contribution is 7.90. The molecule has 4 rings (SSSR count). The number of nitrogens with one attached hydrogen (secondary N) is 2. The summed E-state index contributed by atoms with van der Waals surface area (Å²) >= 11 is 7.92. The van der Waals surface area contributed by atoms with Gasteiger partial charge in [0.15, 0.2) is 9.84 Å². The number of hydrogen-bond donors (Lipinski definition) is 2. The minimum Gasteiger partial charge on any atom is -0.379 e. The standard InChI is InChI=1S/C25H26ClN3O3S2/c1-34(30,31)20-6-4-5-18(15-20)24-9-10-25(33-24)23(28-22-8-3-2-7-21(22)26)16-19(27)17-29-11-13-32-14-12-29/h2-10,15-16,27-28H,11-14,17H2,1H3/b23-16-,27-19?. The Morgan fingerprint density at radius 3 is 2.65 bits per heavy atom. The molecule has 2 aromatic carbocycles. The molecule has 0 aliphatic carbocycles. The first-order valence-corrected chi connectivity index (χ1v) is 13.9. The molecule has 1 aliphatic heterocycles. The van der Waals surface area contributed by atoms with Crippen molar-refractivity contribution in [3.8, 4) is 10.4 Å². The predicted molar refractivity (Wildman–Crippen MR) is 141 cm³/mol. The van der Waals surface area contributed by atoms with Crippen LogP contribution in [0.2, 0.25) is 5.02 Å². The Balaban J connectivity index is 1.64. The number of thiophene rings is 1. The van der Waals surface area contributed by atoms with E-state index in [0.29, 0.717) is 30.5 Å². The summed E-state index contributed by atoms with van der Waals surface area (Å²) < 4.78 is 29.4. The van der Waals surface area contributed by atoms with Crippen LogP contribution in [0, 0.1) is 5.41 Å². The van der Waals surface area contributed by atoms with Crippen molar-refractivity contribution in [2.75, 3.05) is 44.4 Å². The van der Waals surface area contributed by atoms with Gasteiger partial charge in [-0.3, -0.25) is 4.90 Å². The summed E-state index contributed by atoms with van der Waals surface area (Å²) in [7, 11) is -3.29. The van der Waals surface area contributed by atoms with Crippen LogP contribution in [0.1, 0.15) is 4.88 Å². The molecule has 0 amide bonds. The average molecular weight is 516 g/mol. The zero-order chi connectivity index (χ0) is 24.1. The van der Waals surface area contributed by atoms with Crippen LogP contribution in [0.5, 0.6) is 0 Å². The lowest BCUT2D eigenvalue weighted by atomic mass is 10.2. The van der Waals surface area contributed by atoms with Crippen molar-refractivity contribution in [2.45, 2.75) is 4.90 Å². The summed E-state index contributed by atoms with van der Waals surface area (Å²) in [6, 6.07) is 18.4. The molecule has 2 heterocycles. The monoisotopic (exact) mass is 515 g/mol. The third-order valence-electron chi connectivity index (χ3n) is 5.38. The van der Waals surface area contributed by atoms with Gasteiger partial charge in [0.1, 0.15) is 0 Å². The molecule has 3 aromatic rings. The maximum Gasteiger partial charge on any atom is 0.175 e. The Bertz CT molecular complexity index is 1310. The van der Waals surface area contributed by atoms with Gasteiger partial charge in [-0.25, -0.2) is 8.42 Å². The Kier molecular flexibility index (Phi) is 7.85. The van der Waals surface area contributed by atoms with Crippen molar-refractivity contribution in [1.29, 1.82) is 5.41 Å². The van der Waals surface area contributed by atoms with Gasteiger partial charge in [-0.2, -0.15) is 0 Å². The van der Waals surface area contributed by atoms with Crippen molar-refractivity contribution in [3.05, 3.63) is 76.6 Å². The first-order chi connectivity index (χ1) is 16.3. The van der Waals surface area contributed by atoms with E-state index in [2.05, 4.69) is 10.2 Å². The molecule has 1 aliphatic rings. The molecule has 1 aromatic heterocycles. The number of hydrogen-bond acceptors (Lipinski definition) is 7. The van der Waals surface area contributed by atoms with E-state index in [-0.39, 0.29) is 4.90 Å². The quantitative estimate of drug-likeness (QED) is 0.399. The highest BCUT2D eigenvalue weighted by atomic mass is 35.5. The summed E-state index contributed by atoms with van der Waals surface area (Å²) in [6.45, 7) is 3.52. The number of nitrogens with zero attached hydrogens (tertiary/aromatic N) is 1. The predicted octanol–water partition coefficient (Wildman–Crippen LogP) is 5.28. The maximum absolute atomic E-state index is 12.0. The summed E-state index contributed by atoms with van der Waals surface area (Å²) in [5.74, 6) is 0. The fourth-order valence-corrected chi connectivity index (χ4v) is 5.44. The lowest BCUT2D eigenvalue weighted by Gasteiger charge is -2.26. The molecule has 0 radical (unpaired) electrons. The molecule has 0 spiro atoms. The van der Waals surface area contributed by atoms with E-state index in [4.69, 9.17) is 21.7 Å². The summed E-state index contributed by atoms with van der Waals surface area (Å²) in [5.41, 5.74) is 2.83. The normalized spacial score (nSPS) is 15.3. The Morgan fingerprint density at radius 2 is 1.91 bits per heavy atom. The van der Waals surface area contributed by atoms with E-state index in [9.17, 15) is 8.42 Å². The van der Waals surface area contributed by atoms with E-state index in [1.165, 1.54) is 17.6 Å². The van der Waals surface area contributed by atoms with Crippen LogP contribution in [0.25, 0.3) is 16.1 Å². The van der Waals surface area contributed by atoms with Crippen LogP contribution < -0.4 is 5.32 Å². The van der Waals surface area contributed by atoms with E-state index in [1.54, 1.807) is 18.2 Å². The number of para-hydroxylation sites is 1. The fraction of sp³-hybridized carbons (Fsp3) is 0.240. The molecular formula is C25H26ClN3O3S2. The van der Waals surface area contributed by atoms with Crippen LogP contribution >= 0.6 is 22.9 Å². The number of anilines is 1. The average Bonchev–Trinajstić information content (AvgIpc) is 3.31. The van der Waals surface area contributed by atoms with Gasteiger partial charge in [0, 0.05) is 36.5 Å². The van der Waals surface area contributed by atoms with Crippen molar-refractivity contribution in [3.63, 3.8) is 0 Å². The molecular weight excluding hydrogens is 490 g/mol. The van der Waals surface area contributed by atoms with Gasteiger partial charge in [0.25, 0.3) is 0 Å². The molecule has 34 heavy (non-hydrogen) atoms. The van der Waals surface area contributed by atoms with E-state index in [1.807, 2.05) is 48.5 Å². The Labute approximate surface area is 209 Å². The van der Waals surface area contributed by atoms with E-state index >= 15 is 0 Å². The second-order valence-corrected chi connectivity index (χ2v) is 11.5. The molecule has 2 N–H and O–H groups in total. The van der Waals surface area contributed by atoms with Gasteiger partial charge in [0.05, 0.1) is 39.4 Å². The molecule has 6 nitrogen and oxygen atoms in total. The number of morpholine rings is 1. The van der Waals surface area contributed by atoms with Crippen LogP contribution in [-0.2, 0) is 14.6 Å². The maximum atomic E-state index is 12.0. The van der Waals surface area contributed by atoms with Gasteiger partial charge in [-0.05, 0) is 48.0 Å². The smallest absolute Gasteiger partial charge is 0.175 e. The fourth-order valence-electron chi connectivity index (χ4n) is 3.61. The minimum atomic E-state index is -3.29. The largest absolute Gasteiger partial charge is 0.379 e.